The Bertz CT molecular complexity index is 556. The number of urea groups is 1. The van der Waals surface area contributed by atoms with Crippen molar-refractivity contribution in [3.8, 4) is 0 Å². The predicted molar refractivity (Wildman–Crippen MR) is 81.1 cm³/mol. The highest BCUT2D eigenvalue weighted by Crippen LogP contribution is 2.29. The number of hydrogen-bond acceptors (Lipinski definition) is 4. The third-order valence-corrected chi connectivity index (χ3v) is 3.75. The maximum Gasteiger partial charge on any atom is 0.312 e. The van der Waals surface area contributed by atoms with Crippen molar-refractivity contribution in [3.63, 3.8) is 0 Å². The van der Waals surface area contributed by atoms with Gasteiger partial charge in [0, 0.05) is 9.92 Å². The second-order valence-corrected chi connectivity index (χ2v) is 5.54. The molecule has 114 valence electrons. The lowest BCUT2D eigenvalue weighted by Crippen LogP contribution is -2.47. The van der Waals surface area contributed by atoms with E-state index in [4.69, 9.17) is 28.9 Å². The first kappa shape index (κ1) is 17.4. The molecule has 1 rings (SSSR count). The van der Waals surface area contributed by atoms with Gasteiger partial charge in [0.05, 0.1) is 10.8 Å². The first-order valence-corrected chi connectivity index (χ1v) is 7.31. The molecule has 1 aromatic carbocycles. The third-order valence-electron chi connectivity index (χ3n) is 2.02. The van der Waals surface area contributed by atoms with Gasteiger partial charge in [-0.2, -0.15) is 0 Å². The lowest BCUT2D eigenvalue weighted by atomic mass is 10.4. The summed E-state index contributed by atoms with van der Waals surface area (Å²) in [7, 11) is 0. The quantitative estimate of drug-likeness (QED) is 0.466. The van der Waals surface area contributed by atoms with Crippen LogP contribution in [0.1, 0.15) is 0 Å². The van der Waals surface area contributed by atoms with Crippen molar-refractivity contribution < 1.29 is 14.4 Å². The Kier molecular flexibility index (Phi) is 7.13. The number of halogens is 2. The van der Waals surface area contributed by atoms with Gasteiger partial charge < -0.3 is 11.1 Å². The summed E-state index contributed by atoms with van der Waals surface area (Å²) in [5, 5.41) is 3.06. The number of nitrogens with two attached hydrogens (primary N) is 1. The maximum absolute atomic E-state index is 11.5. The minimum Gasteiger partial charge on any atom is -0.352 e. The Labute approximate surface area is 134 Å². The number of carbonyl (C=O) groups is 3. The van der Waals surface area contributed by atoms with Gasteiger partial charge in [-0.1, -0.05) is 23.2 Å². The lowest BCUT2D eigenvalue weighted by Gasteiger charge is -2.08. The molecular formula is C11H12Cl2N4O3S. The van der Waals surface area contributed by atoms with Crippen LogP contribution in [0.15, 0.2) is 23.1 Å². The van der Waals surface area contributed by atoms with Crippen LogP contribution in [0.5, 0.6) is 0 Å². The molecule has 0 atom stereocenters. The zero-order valence-electron chi connectivity index (χ0n) is 10.6. The third kappa shape index (κ3) is 7.07. The van der Waals surface area contributed by atoms with E-state index in [1.165, 1.54) is 11.8 Å². The first-order chi connectivity index (χ1) is 9.88. The molecule has 10 heteroatoms. The summed E-state index contributed by atoms with van der Waals surface area (Å²) in [5.41, 5.74) is 9.09. The minimum atomic E-state index is -0.831. The summed E-state index contributed by atoms with van der Waals surface area (Å²) >= 11 is 12.9. The summed E-state index contributed by atoms with van der Waals surface area (Å²) in [6.45, 7) is -0.330. The van der Waals surface area contributed by atoms with Gasteiger partial charge in [0.15, 0.2) is 0 Å². The number of hydrogen-bond donors (Lipinski definition) is 4. The van der Waals surface area contributed by atoms with Gasteiger partial charge >= 0.3 is 6.03 Å². The average molecular weight is 351 g/mol. The van der Waals surface area contributed by atoms with E-state index in [0.29, 0.717) is 14.9 Å². The Balaban J connectivity index is 2.32. The van der Waals surface area contributed by atoms with E-state index < -0.39 is 17.8 Å². The van der Waals surface area contributed by atoms with Gasteiger partial charge in [0.1, 0.15) is 6.54 Å². The summed E-state index contributed by atoms with van der Waals surface area (Å²) in [6, 6.07) is 4.07. The van der Waals surface area contributed by atoms with Gasteiger partial charge in [-0.05, 0) is 18.2 Å². The molecule has 0 aliphatic carbocycles. The fraction of sp³-hybridized carbons (Fsp3) is 0.182. The zero-order chi connectivity index (χ0) is 15.8. The SMILES string of the molecule is NC(=O)NCC(=O)NNC(=O)CSc1cc(Cl)ccc1Cl. The Morgan fingerprint density at radius 1 is 1.14 bits per heavy atom. The molecule has 4 amide bonds. The van der Waals surface area contributed by atoms with E-state index in [1.807, 2.05) is 0 Å². The lowest BCUT2D eigenvalue weighted by molar-refractivity contribution is -0.127. The summed E-state index contributed by atoms with van der Waals surface area (Å²) < 4.78 is 0. The topological polar surface area (TPSA) is 113 Å². The molecule has 5 N–H and O–H groups in total. The molecule has 0 bridgehead atoms. The highest BCUT2D eigenvalue weighted by Gasteiger charge is 2.08. The van der Waals surface area contributed by atoms with Crippen LogP contribution < -0.4 is 21.9 Å². The van der Waals surface area contributed by atoms with Crippen LogP contribution in [0.3, 0.4) is 0 Å². The normalized spacial score (nSPS) is 9.81. The summed E-state index contributed by atoms with van der Waals surface area (Å²) in [6.07, 6.45) is 0. The highest BCUT2D eigenvalue weighted by molar-refractivity contribution is 8.00. The molecule has 0 saturated heterocycles. The molecule has 0 aromatic heterocycles. The smallest absolute Gasteiger partial charge is 0.312 e. The fourth-order valence-electron chi connectivity index (χ4n) is 1.12. The van der Waals surface area contributed by atoms with Gasteiger partial charge in [-0.25, -0.2) is 4.79 Å². The van der Waals surface area contributed by atoms with Crippen molar-refractivity contribution in [2.24, 2.45) is 5.73 Å². The monoisotopic (exact) mass is 350 g/mol. The van der Waals surface area contributed by atoms with Crippen LogP contribution in [0.4, 0.5) is 4.79 Å². The molecule has 0 spiro atoms. The molecule has 1 aromatic rings. The molecule has 0 heterocycles. The largest absolute Gasteiger partial charge is 0.352 e. The number of rotatable bonds is 5. The molecule has 0 unspecified atom stereocenters. The number of nitrogens with one attached hydrogen (secondary N) is 3. The van der Waals surface area contributed by atoms with E-state index in [9.17, 15) is 14.4 Å². The van der Waals surface area contributed by atoms with Crippen molar-refractivity contribution in [2.45, 2.75) is 4.90 Å². The van der Waals surface area contributed by atoms with Crippen molar-refractivity contribution in [1.82, 2.24) is 16.2 Å². The first-order valence-electron chi connectivity index (χ1n) is 5.57. The highest BCUT2D eigenvalue weighted by atomic mass is 35.5. The second kappa shape index (κ2) is 8.60. The number of thioether (sulfide) groups is 1. The maximum atomic E-state index is 11.5. The predicted octanol–water partition coefficient (Wildman–Crippen LogP) is 0.901. The summed E-state index contributed by atoms with van der Waals surface area (Å²) in [5.74, 6) is -1.01. The number of benzene rings is 1. The summed E-state index contributed by atoms with van der Waals surface area (Å²) in [4.78, 5) is 33.7. The number of carbonyl (C=O) groups excluding carboxylic acids is 3. The van der Waals surface area contributed by atoms with E-state index in [1.54, 1.807) is 18.2 Å². The molecule has 0 saturated carbocycles. The molecule has 0 radical (unpaired) electrons. The zero-order valence-corrected chi connectivity index (χ0v) is 12.9. The average Bonchev–Trinajstić information content (AvgIpc) is 2.43. The Hall–Kier alpha value is -1.64. The van der Waals surface area contributed by atoms with E-state index in [2.05, 4.69) is 16.2 Å². The van der Waals surface area contributed by atoms with Crippen molar-refractivity contribution in [2.75, 3.05) is 12.3 Å². The van der Waals surface area contributed by atoms with E-state index in [-0.39, 0.29) is 12.3 Å². The molecule has 7 nitrogen and oxygen atoms in total. The van der Waals surface area contributed by atoms with Crippen LogP contribution in [0.2, 0.25) is 10.0 Å². The molecule has 0 aliphatic heterocycles. The van der Waals surface area contributed by atoms with Crippen LogP contribution in [0, 0.1) is 0 Å². The minimum absolute atomic E-state index is 0.0313. The molecule has 0 aliphatic rings. The van der Waals surface area contributed by atoms with Gasteiger partial charge in [-0.3, -0.25) is 20.4 Å². The standard InChI is InChI=1S/C11H12Cl2N4O3S/c12-6-1-2-7(13)8(3-6)21-5-10(19)17-16-9(18)4-15-11(14)20/h1-3H,4-5H2,(H,16,18)(H,17,19)(H3,14,15,20). The van der Waals surface area contributed by atoms with Crippen LogP contribution in [-0.4, -0.2) is 30.1 Å². The van der Waals surface area contributed by atoms with E-state index >= 15 is 0 Å². The van der Waals surface area contributed by atoms with Gasteiger partial charge in [0.25, 0.3) is 5.91 Å². The van der Waals surface area contributed by atoms with Gasteiger partial charge in [-0.15, -0.1) is 11.8 Å². The van der Waals surface area contributed by atoms with Crippen molar-refractivity contribution in [1.29, 1.82) is 0 Å². The van der Waals surface area contributed by atoms with Gasteiger partial charge in [0.2, 0.25) is 5.91 Å². The van der Waals surface area contributed by atoms with Crippen molar-refractivity contribution >= 4 is 52.8 Å². The van der Waals surface area contributed by atoms with Crippen LogP contribution >= 0.6 is 35.0 Å². The van der Waals surface area contributed by atoms with Crippen molar-refractivity contribution in [3.05, 3.63) is 28.2 Å². The van der Waals surface area contributed by atoms with Crippen LogP contribution in [0.25, 0.3) is 0 Å². The van der Waals surface area contributed by atoms with Crippen LogP contribution in [-0.2, 0) is 9.59 Å². The number of hydrazine groups is 1. The number of primary amides is 1. The molecule has 21 heavy (non-hydrogen) atoms. The second-order valence-electron chi connectivity index (χ2n) is 3.68. The number of amides is 4. The Morgan fingerprint density at radius 3 is 2.48 bits per heavy atom. The molecular weight excluding hydrogens is 339 g/mol. The fourth-order valence-corrected chi connectivity index (χ4v) is 2.41. The van der Waals surface area contributed by atoms with E-state index in [0.717, 1.165) is 0 Å². The Morgan fingerprint density at radius 2 is 1.81 bits per heavy atom. The molecule has 0 fully saturated rings.